The molecule has 0 saturated heterocycles. The summed E-state index contributed by atoms with van der Waals surface area (Å²) >= 11 is 0. The topological polar surface area (TPSA) is 117 Å². The van der Waals surface area contributed by atoms with Crippen molar-refractivity contribution in [3.05, 3.63) is 90.3 Å². The van der Waals surface area contributed by atoms with E-state index in [-0.39, 0.29) is 5.75 Å². The maximum atomic E-state index is 11.4. The second kappa shape index (κ2) is 8.03. The molecule has 0 radical (unpaired) electrons. The van der Waals surface area contributed by atoms with Crippen LogP contribution in [0, 0.1) is 0 Å². The monoisotopic (exact) mass is 445 g/mol. The van der Waals surface area contributed by atoms with Gasteiger partial charge in [-0.2, -0.15) is 4.98 Å². The highest BCUT2D eigenvalue weighted by molar-refractivity contribution is 7.88. The standard InChI is InChI=1S/C23H19N5O3S/c24-32(29,30)14-17-6-4-8-19(12-17)23-26-22(27-31-23)18-7-3-5-16(11-18)13-28-15-25-20-9-1-2-10-21(20)28/h1-12,15H,13-14H2,(H2,24,29,30). The predicted octanol–water partition coefficient (Wildman–Crippen LogP) is 3.59. The summed E-state index contributed by atoms with van der Waals surface area (Å²) in [5.41, 5.74) is 5.11. The van der Waals surface area contributed by atoms with Crippen molar-refractivity contribution in [2.24, 2.45) is 5.14 Å². The summed E-state index contributed by atoms with van der Waals surface area (Å²) in [7, 11) is -3.63. The minimum atomic E-state index is -3.63. The van der Waals surface area contributed by atoms with E-state index in [1.807, 2.05) is 54.9 Å². The number of fused-ring (bicyclic) bond motifs is 1. The lowest BCUT2D eigenvalue weighted by Crippen LogP contribution is -2.14. The molecular formula is C23H19N5O3S. The van der Waals surface area contributed by atoms with Crippen LogP contribution < -0.4 is 5.14 Å². The van der Waals surface area contributed by atoms with Crippen molar-refractivity contribution >= 4 is 21.1 Å². The van der Waals surface area contributed by atoms with Crippen LogP contribution in [0.2, 0.25) is 0 Å². The van der Waals surface area contributed by atoms with Crippen LogP contribution in [-0.2, 0) is 22.3 Å². The Kier molecular flexibility index (Phi) is 5.04. The van der Waals surface area contributed by atoms with Gasteiger partial charge in [-0.25, -0.2) is 18.5 Å². The summed E-state index contributed by atoms with van der Waals surface area (Å²) in [5, 5.41) is 9.25. The molecule has 0 unspecified atom stereocenters. The summed E-state index contributed by atoms with van der Waals surface area (Å²) in [6.45, 7) is 0.661. The maximum absolute atomic E-state index is 11.4. The first-order valence-electron chi connectivity index (χ1n) is 9.87. The van der Waals surface area contributed by atoms with Gasteiger partial charge in [0.25, 0.3) is 5.89 Å². The lowest BCUT2D eigenvalue weighted by molar-refractivity contribution is 0.432. The van der Waals surface area contributed by atoms with E-state index in [0.717, 1.165) is 22.2 Å². The zero-order chi connectivity index (χ0) is 22.1. The number of nitrogens with two attached hydrogens (primary N) is 1. The molecule has 0 aliphatic rings. The van der Waals surface area contributed by atoms with E-state index in [2.05, 4.69) is 19.7 Å². The second-order valence-electron chi connectivity index (χ2n) is 7.49. The zero-order valence-corrected chi connectivity index (χ0v) is 17.7. The molecule has 2 N–H and O–H groups in total. The third kappa shape index (κ3) is 4.29. The second-order valence-corrected chi connectivity index (χ2v) is 9.11. The van der Waals surface area contributed by atoms with Crippen LogP contribution in [0.25, 0.3) is 33.9 Å². The van der Waals surface area contributed by atoms with Crippen molar-refractivity contribution in [3.63, 3.8) is 0 Å². The third-order valence-corrected chi connectivity index (χ3v) is 5.77. The molecule has 0 atom stereocenters. The van der Waals surface area contributed by atoms with Gasteiger partial charge in [0.2, 0.25) is 15.8 Å². The van der Waals surface area contributed by atoms with Crippen molar-refractivity contribution in [2.75, 3.05) is 0 Å². The Bertz CT molecular complexity index is 1520. The summed E-state index contributed by atoms with van der Waals surface area (Å²) < 4.78 is 30.3. The number of para-hydroxylation sites is 2. The number of nitrogens with zero attached hydrogens (tertiary/aromatic N) is 4. The SMILES string of the molecule is NS(=O)(=O)Cc1cccc(-c2nc(-c3cccc(Cn4cnc5ccccc54)c3)no2)c1. The molecule has 160 valence electrons. The van der Waals surface area contributed by atoms with Gasteiger partial charge in [0.05, 0.1) is 23.1 Å². The number of aromatic nitrogens is 4. The van der Waals surface area contributed by atoms with Crippen molar-refractivity contribution in [2.45, 2.75) is 12.3 Å². The summed E-state index contributed by atoms with van der Waals surface area (Å²) in [5.74, 6) is 0.503. The Morgan fingerprint density at radius 3 is 2.50 bits per heavy atom. The first kappa shape index (κ1) is 20.1. The molecule has 32 heavy (non-hydrogen) atoms. The number of imidazole rings is 1. The molecule has 0 spiro atoms. The lowest BCUT2D eigenvalue weighted by atomic mass is 10.1. The summed E-state index contributed by atoms with van der Waals surface area (Å²) in [4.78, 5) is 8.94. The normalized spacial score (nSPS) is 11.8. The fourth-order valence-corrected chi connectivity index (χ4v) is 4.27. The van der Waals surface area contributed by atoms with E-state index in [0.29, 0.717) is 29.4 Å². The number of sulfonamides is 1. The lowest BCUT2D eigenvalue weighted by Gasteiger charge is -2.05. The highest BCUT2D eigenvalue weighted by Gasteiger charge is 2.13. The van der Waals surface area contributed by atoms with Crippen LogP contribution in [0.1, 0.15) is 11.1 Å². The van der Waals surface area contributed by atoms with E-state index in [4.69, 9.17) is 9.66 Å². The van der Waals surface area contributed by atoms with E-state index < -0.39 is 10.0 Å². The fraction of sp³-hybridized carbons (Fsp3) is 0.0870. The van der Waals surface area contributed by atoms with E-state index >= 15 is 0 Å². The molecule has 0 bridgehead atoms. The number of hydrogen-bond acceptors (Lipinski definition) is 6. The highest BCUT2D eigenvalue weighted by atomic mass is 32.2. The van der Waals surface area contributed by atoms with E-state index in [1.165, 1.54) is 0 Å². The van der Waals surface area contributed by atoms with Gasteiger partial charge < -0.3 is 9.09 Å². The van der Waals surface area contributed by atoms with Gasteiger partial charge in [-0.1, -0.05) is 47.6 Å². The number of benzene rings is 3. The average molecular weight is 446 g/mol. The molecule has 3 aromatic carbocycles. The van der Waals surface area contributed by atoms with Crippen LogP contribution in [0.15, 0.2) is 83.6 Å². The maximum Gasteiger partial charge on any atom is 0.258 e. The van der Waals surface area contributed by atoms with Gasteiger partial charge >= 0.3 is 0 Å². The molecule has 2 aromatic heterocycles. The van der Waals surface area contributed by atoms with Gasteiger partial charge in [-0.15, -0.1) is 0 Å². The molecule has 0 fully saturated rings. The van der Waals surface area contributed by atoms with Crippen LogP contribution >= 0.6 is 0 Å². The van der Waals surface area contributed by atoms with Gasteiger partial charge in [0.15, 0.2) is 0 Å². The summed E-state index contributed by atoms with van der Waals surface area (Å²) in [6.07, 6.45) is 1.83. The summed E-state index contributed by atoms with van der Waals surface area (Å²) in [6, 6.07) is 22.8. The first-order chi connectivity index (χ1) is 15.4. The largest absolute Gasteiger partial charge is 0.334 e. The molecule has 0 saturated carbocycles. The Hall–Kier alpha value is -3.82. The van der Waals surface area contributed by atoms with Crippen molar-refractivity contribution < 1.29 is 12.9 Å². The van der Waals surface area contributed by atoms with Gasteiger partial charge in [-0.05, 0) is 41.5 Å². The molecule has 2 heterocycles. The molecule has 0 aliphatic heterocycles. The van der Waals surface area contributed by atoms with Gasteiger partial charge in [0, 0.05) is 17.7 Å². The number of primary sulfonamides is 1. The van der Waals surface area contributed by atoms with Crippen molar-refractivity contribution in [1.82, 2.24) is 19.7 Å². The number of hydrogen-bond donors (Lipinski definition) is 1. The predicted molar refractivity (Wildman–Crippen MR) is 121 cm³/mol. The molecule has 8 nitrogen and oxygen atoms in total. The minimum Gasteiger partial charge on any atom is -0.334 e. The molecule has 5 aromatic rings. The quantitative estimate of drug-likeness (QED) is 0.427. The minimum absolute atomic E-state index is 0.257. The van der Waals surface area contributed by atoms with Crippen molar-refractivity contribution in [3.8, 4) is 22.8 Å². The Morgan fingerprint density at radius 2 is 1.66 bits per heavy atom. The third-order valence-electron chi connectivity index (χ3n) is 5.03. The Balaban J connectivity index is 1.41. The average Bonchev–Trinajstić information content (AvgIpc) is 3.41. The Morgan fingerprint density at radius 1 is 0.906 bits per heavy atom. The van der Waals surface area contributed by atoms with Gasteiger partial charge in [-0.3, -0.25) is 0 Å². The molecule has 0 amide bonds. The smallest absolute Gasteiger partial charge is 0.258 e. The molecule has 5 rings (SSSR count). The zero-order valence-electron chi connectivity index (χ0n) is 16.9. The number of rotatable bonds is 6. The van der Waals surface area contributed by atoms with Crippen LogP contribution in [0.4, 0.5) is 0 Å². The van der Waals surface area contributed by atoms with Crippen LogP contribution in [-0.4, -0.2) is 28.1 Å². The fourth-order valence-electron chi connectivity index (χ4n) is 3.63. The Labute approximate surface area is 184 Å². The highest BCUT2D eigenvalue weighted by Crippen LogP contribution is 2.24. The molecule has 0 aliphatic carbocycles. The van der Waals surface area contributed by atoms with E-state index in [9.17, 15) is 8.42 Å². The van der Waals surface area contributed by atoms with Crippen molar-refractivity contribution in [1.29, 1.82) is 0 Å². The van der Waals surface area contributed by atoms with Crippen LogP contribution in [0.5, 0.6) is 0 Å². The molecule has 9 heteroatoms. The first-order valence-corrected chi connectivity index (χ1v) is 11.6. The van der Waals surface area contributed by atoms with Crippen LogP contribution in [0.3, 0.4) is 0 Å². The van der Waals surface area contributed by atoms with E-state index in [1.54, 1.807) is 24.3 Å². The molecular weight excluding hydrogens is 426 g/mol. The van der Waals surface area contributed by atoms with Gasteiger partial charge in [0.1, 0.15) is 0 Å².